The van der Waals surface area contributed by atoms with Crippen LogP contribution < -0.4 is 10.5 Å². The van der Waals surface area contributed by atoms with Gasteiger partial charge in [0.2, 0.25) is 10.0 Å². The number of benzene rings is 1. The van der Waals surface area contributed by atoms with Crippen LogP contribution in [0.4, 0.5) is 0 Å². The van der Waals surface area contributed by atoms with Crippen LogP contribution in [0.3, 0.4) is 0 Å². The first-order chi connectivity index (χ1) is 11.5. The van der Waals surface area contributed by atoms with Crippen molar-refractivity contribution < 1.29 is 8.42 Å². The Morgan fingerprint density at radius 3 is 2.54 bits per heavy atom. The van der Waals surface area contributed by atoms with E-state index in [0.717, 1.165) is 44.9 Å². The van der Waals surface area contributed by atoms with Crippen LogP contribution in [0.25, 0.3) is 0 Å². The van der Waals surface area contributed by atoms with Crippen LogP contribution in [-0.4, -0.2) is 51.2 Å². The van der Waals surface area contributed by atoms with Gasteiger partial charge < -0.3 is 10.2 Å². The molecule has 0 amide bonds. The number of likely N-dealkylation sites (tertiary alicyclic amines) is 1. The topological polar surface area (TPSA) is 87.8 Å². The SMILES string of the molecule is CCNC(=NCCS(N)(=O)=O)N1CCC(Cc2ccccc2)CC1. The van der Waals surface area contributed by atoms with E-state index in [-0.39, 0.29) is 12.3 Å². The molecular weight excluding hydrogens is 324 g/mol. The Morgan fingerprint density at radius 2 is 1.96 bits per heavy atom. The van der Waals surface area contributed by atoms with E-state index in [1.54, 1.807) is 0 Å². The summed E-state index contributed by atoms with van der Waals surface area (Å²) < 4.78 is 22.1. The number of guanidine groups is 1. The molecule has 24 heavy (non-hydrogen) atoms. The molecule has 0 spiro atoms. The molecule has 0 aromatic heterocycles. The highest BCUT2D eigenvalue weighted by Crippen LogP contribution is 2.21. The molecule has 0 saturated carbocycles. The number of nitrogens with zero attached hydrogens (tertiary/aromatic N) is 2. The van der Waals surface area contributed by atoms with E-state index in [9.17, 15) is 8.42 Å². The second-order valence-electron chi connectivity index (χ2n) is 6.22. The summed E-state index contributed by atoms with van der Waals surface area (Å²) in [4.78, 5) is 6.62. The van der Waals surface area contributed by atoms with Gasteiger partial charge in [-0.15, -0.1) is 0 Å². The van der Waals surface area contributed by atoms with Crippen LogP contribution >= 0.6 is 0 Å². The smallest absolute Gasteiger partial charge is 0.210 e. The summed E-state index contributed by atoms with van der Waals surface area (Å²) in [5.74, 6) is 1.36. The fraction of sp³-hybridized carbons (Fsp3) is 0.588. The molecule has 0 unspecified atom stereocenters. The Balaban J connectivity index is 1.86. The molecule has 134 valence electrons. The highest BCUT2D eigenvalue weighted by atomic mass is 32.2. The van der Waals surface area contributed by atoms with Crippen molar-refractivity contribution in [2.24, 2.45) is 16.0 Å². The fourth-order valence-corrected chi connectivity index (χ4v) is 3.35. The average molecular weight is 353 g/mol. The Hall–Kier alpha value is -1.60. The van der Waals surface area contributed by atoms with Gasteiger partial charge in [0.05, 0.1) is 12.3 Å². The third-order valence-corrected chi connectivity index (χ3v) is 5.01. The van der Waals surface area contributed by atoms with Gasteiger partial charge in [0.1, 0.15) is 0 Å². The van der Waals surface area contributed by atoms with Gasteiger partial charge in [0, 0.05) is 19.6 Å². The molecule has 0 radical (unpaired) electrons. The number of primary sulfonamides is 1. The van der Waals surface area contributed by atoms with Crippen molar-refractivity contribution in [1.29, 1.82) is 0 Å². The summed E-state index contributed by atoms with van der Waals surface area (Å²) in [5.41, 5.74) is 1.39. The number of piperidine rings is 1. The molecule has 1 fully saturated rings. The number of sulfonamides is 1. The Morgan fingerprint density at radius 1 is 1.29 bits per heavy atom. The number of nitrogens with two attached hydrogens (primary N) is 1. The predicted octanol–water partition coefficient (Wildman–Crippen LogP) is 1.20. The zero-order chi connectivity index (χ0) is 17.4. The molecule has 2 rings (SSSR count). The highest BCUT2D eigenvalue weighted by Gasteiger charge is 2.21. The number of nitrogens with one attached hydrogen (secondary N) is 1. The first-order valence-corrected chi connectivity index (χ1v) is 10.3. The van der Waals surface area contributed by atoms with E-state index in [2.05, 4.69) is 39.5 Å². The van der Waals surface area contributed by atoms with Gasteiger partial charge in [0.25, 0.3) is 0 Å². The molecule has 1 heterocycles. The van der Waals surface area contributed by atoms with Crippen molar-refractivity contribution in [3.8, 4) is 0 Å². The third kappa shape index (κ3) is 6.49. The van der Waals surface area contributed by atoms with Crippen molar-refractivity contribution in [1.82, 2.24) is 10.2 Å². The lowest BCUT2D eigenvalue weighted by Crippen LogP contribution is -2.46. The highest BCUT2D eigenvalue weighted by molar-refractivity contribution is 7.89. The van der Waals surface area contributed by atoms with Gasteiger partial charge in [0.15, 0.2) is 5.96 Å². The first kappa shape index (κ1) is 18.7. The van der Waals surface area contributed by atoms with Gasteiger partial charge in [-0.2, -0.15) is 0 Å². The van der Waals surface area contributed by atoms with Gasteiger partial charge in [-0.3, -0.25) is 4.99 Å². The number of hydrogen-bond donors (Lipinski definition) is 2. The van der Waals surface area contributed by atoms with Gasteiger partial charge in [-0.05, 0) is 37.7 Å². The molecule has 1 aliphatic rings. The molecule has 7 heteroatoms. The van der Waals surface area contributed by atoms with Crippen LogP contribution in [0.1, 0.15) is 25.3 Å². The number of rotatable bonds is 6. The van der Waals surface area contributed by atoms with Crippen molar-refractivity contribution in [3.63, 3.8) is 0 Å². The minimum Gasteiger partial charge on any atom is -0.357 e. The summed E-state index contributed by atoms with van der Waals surface area (Å²) in [7, 11) is -3.46. The molecule has 1 aliphatic heterocycles. The maximum Gasteiger partial charge on any atom is 0.210 e. The summed E-state index contributed by atoms with van der Waals surface area (Å²) in [6, 6.07) is 10.6. The Labute approximate surface area is 145 Å². The van der Waals surface area contributed by atoms with E-state index in [4.69, 9.17) is 5.14 Å². The lowest BCUT2D eigenvalue weighted by atomic mass is 9.90. The molecule has 3 N–H and O–H groups in total. The Kier molecular flexibility index (Phi) is 7.05. The predicted molar refractivity (Wildman–Crippen MR) is 98.4 cm³/mol. The number of hydrogen-bond acceptors (Lipinski definition) is 3. The van der Waals surface area contributed by atoms with Crippen molar-refractivity contribution >= 4 is 16.0 Å². The molecule has 1 aromatic rings. The van der Waals surface area contributed by atoms with Crippen LogP contribution in [0.2, 0.25) is 0 Å². The van der Waals surface area contributed by atoms with Crippen LogP contribution in [0.5, 0.6) is 0 Å². The maximum atomic E-state index is 11.0. The largest absolute Gasteiger partial charge is 0.357 e. The molecule has 0 bridgehead atoms. The van der Waals surface area contributed by atoms with Gasteiger partial charge >= 0.3 is 0 Å². The number of aliphatic imine (C=N–C) groups is 1. The van der Waals surface area contributed by atoms with Crippen molar-refractivity contribution in [2.45, 2.75) is 26.2 Å². The minimum absolute atomic E-state index is 0.119. The molecule has 0 atom stereocenters. The van der Waals surface area contributed by atoms with E-state index < -0.39 is 10.0 Å². The molecule has 0 aliphatic carbocycles. The van der Waals surface area contributed by atoms with E-state index in [0.29, 0.717) is 5.92 Å². The second kappa shape index (κ2) is 9.03. The lowest BCUT2D eigenvalue weighted by molar-refractivity contribution is 0.259. The average Bonchev–Trinajstić information content (AvgIpc) is 2.55. The van der Waals surface area contributed by atoms with Crippen LogP contribution in [-0.2, 0) is 16.4 Å². The summed E-state index contributed by atoms with van der Waals surface area (Å²) >= 11 is 0. The Bertz CT molecular complexity index is 623. The monoisotopic (exact) mass is 352 g/mol. The third-order valence-electron chi connectivity index (χ3n) is 4.25. The quantitative estimate of drug-likeness (QED) is 0.595. The van der Waals surface area contributed by atoms with E-state index in [1.165, 1.54) is 5.56 Å². The maximum absolute atomic E-state index is 11.0. The first-order valence-electron chi connectivity index (χ1n) is 8.55. The summed E-state index contributed by atoms with van der Waals surface area (Å²) in [6.45, 7) is 4.86. The van der Waals surface area contributed by atoms with Crippen LogP contribution in [0.15, 0.2) is 35.3 Å². The van der Waals surface area contributed by atoms with Crippen molar-refractivity contribution in [3.05, 3.63) is 35.9 Å². The van der Waals surface area contributed by atoms with Crippen LogP contribution in [0, 0.1) is 5.92 Å². The zero-order valence-corrected chi connectivity index (χ0v) is 15.1. The fourth-order valence-electron chi connectivity index (χ4n) is 3.00. The molecule has 1 aromatic carbocycles. The zero-order valence-electron chi connectivity index (χ0n) is 14.3. The van der Waals surface area contributed by atoms with Crippen molar-refractivity contribution in [2.75, 3.05) is 31.9 Å². The minimum atomic E-state index is -3.46. The molecular formula is C17H28N4O2S. The lowest BCUT2D eigenvalue weighted by Gasteiger charge is -2.34. The normalized spacial score (nSPS) is 17.1. The second-order valence-corrected chi connectivity index (χ2v) is 7.96. The van der Waals surface area contributed by atoms with E-state index >= 15 is 0 Å². The van der Waals surface area contributed by atoms with Gasteiger partial charge in [-0.1, -0.05) is 30.3 Å². The summed E-state index contributed by atoms with van der Waals surface area (Å²) in [5, 5.41) is 8.28. The standard InChI is InChI=1S/C17H28N4O2S/c1-2-19-17(20-10-13-24(18,22)23)21-11-8-16(9-12-21)14-15-6-4-3-5-7-15/h3-7,16H,2,8-14H2,1H3,(H,19,20)(H2,18,22,23). The summed E-state index contributed by atoms with van der Waals surface area (Å²) in [6.07, 6.45) is 3.36. The molecule has 1 saturated heterocycles. The van der Waals surface area contributed by atoms with Gasteiger partial charge in [-0.25, -0.2) is 13.6 Å². The van der Waals surface area contributed by atoms with E-state index in [1.807, 2.05) is 13.0 Å². The molecule has 6 nitrogen and oxygen atoms in total.